The first-order chi connectivity index (χ1) is 46.6. The van der Waals surface area contributed by atoms with E-state index in [1.165, 1.54) is 193 Å². The predicted octanol–water partition coefficient (Wildman–Crippen LogP) is 22.8. The number of carbonyl (C=O) groups is 4. The van der Waals surface area contributed by atoms with Crippen molar-refractivity contribution >= 4 is 39.5 Å². The van der Waals surface area contributed by atoms with Gasteiger partial charge in [-0.05, 0) is 49.4 Å². The molecule has 3 N–H and O–H groups in total. The van der Waals surface area contributed by atoms with Crippen molar-refractivity contribution in [3.63, 3.8) is 0 Å². The van der Waals surface area contributed by atoms with Gasteiger partial charge in [0.2, 0.25) is 0 Å². The summed E-state index contributed by atoms with van der Waals surface area (Å²) in [5, 5.41) is 10.6. The van der Waals surface area contributed by atoms with Crippen LogP contribution in [0.1, 0.15) is 396 Å². The predicted molar refractivity (Wildman–Crippen MR) is 395 cm³/mol. The number of ether oxygens (including phenoxy) is 4. The molecule has 0 radical (unpaired) electrons. The van der Waals surface area contributed by atoms with E-state index in [0.717, 1.165) is 114 Å². The first-order valence-electron chi connectivity index (χ1n) is 40.2. The highest BCUT2D eigenvalue weighted by atomic mass is 31.2. The Morgan fingerprint density at radius 1 is 0.289 bits per heavy atom. The fraction of sp³-hybridized carbons (Fsp3) is 0.949. The lowest BCUT2D eigenvalue weighted by atomic mass is 9.99. The second kappa shape index (κ2) is 67.2. The molecular weight excluding hydrogens is 1270 g/mol. The normalized spacial score (nSPS) is 14.4. The number of phosphoric ester groups is 2. The zero-order valence-electron chi connectivity index (χ0n) is 63.7. The third kappa shape index (κ3) is 70.9. The van der Waals surface area contributed by atoms with E-state index in [-0.39, 0.29) is 25.7 Å². The number of aliphatic hydroxyl groups excluding tert-OH is 1. The number of phosphoric acid groups is 2. The van der Waals surface area contributed by atoms with E-state index in [2.05, 4.69) is 55.4 Å². The van der Waals surface area contributed by atoms with Crippen LogP contribution < -0.4 is 0 Å². The molecular formula is C78H152O17P2. The van der Waals surface area contributed by atoms with Crippen LogP contribution in [0.15, 0.2) is 0 Å². The van der Waals surface area contributed by atoms with E-state index in [4.69, 9.17) is 37.0 Å². The van der Waals surface area contributed by atoms with Crippen molar-refractivity contribution in [1.29, 1.82) is 0 Å². The number of aliphatic hydroxyl groups is 1. The average molecular weight is 1420 g/mol. The number of hydrogen-bond donors (Lipinski definition) is 3. The first kappa shape index (κ1) is 95.1. The van der Waals surface area contributed by atoms with Crippen LogP contribution in [-0.4, -0.2) is 96.7 Å². The second-order valence-electron chi connectivity index (χ2n) is 29.8. The molecule has 0 aromatic heterocycles. The highest BCUT2D eigenvalue weighted by Gasteiger charge is 2.30. The summed E-state index contributed by atoms with van der Waals surface area (Å²) < 4.78 is 68.6. The number of hydrogen-bond acceptors (Lipinski definition) is 15. The topological polar surface area (TPSA) is 237 Å². The molecule has 17 nitrogen and oxygen atoms in total. The van der Waals surface area contributed by atoms with Crippen LogP contribution in [0.2, 0.25) is 0 Å². The van der Waals surface area contributed by atoms with E-state index >= 15 is 0 Å². The minimum atomic E-state index is -4.96. The molecule has 0 aliphatic rings. The van der Waals surface area contributed by atoms with Crippen LogP contribution in [0.3, 0.4) is 0 Å². The maximum absolute atomic E-state index is 13.1. The van der Waals surface area contributed by atoms with Crippen LogP contribution in [-0.2, 0) is 65.4 Å². The minimum absolute atomic E-state index is 0.106. The lowest BCUT2D eigenvalue weighted by Crippen LogP contribution is -2.30. The van der Waals surface area contributed by atoms with Crippen molar-refractivity contribution in [2.24, 2.45) is 23.7 Å². The molecule has 0 aliphatic carbocycles. The van der Waals surface area contributed by atoms with Gasteiger partial charge in [-0.2, -0.15) is 0 Å². The van der Waals surface area contributed by atoms with Gasteiger partial charge in [-0.25, -0.2) is 9.13 Å². The summed E-state index contributed by atoms with van der Waals surface area (Å²) in [5.41, 5.74) is 0. The Hall–Kier alpha value is -1.94. The van der Waals surface area contributed by atoms with E-state index in [0.29, 0.717) is 31.6 Å². The minimum Gasteiger partial charge on any atom is -0.462 e. The molecule has 0 fully saturated rings. The van der Waals surface area contributed by atoms with Gasteiger partial charge >= 0.3 is 39.5 Å². The summed E-state index contributed by atoms with van der Waals surface area (Å²) in [6.07, 6.45) is 52.8. The Bertz CT molecular complexity index is 1900. The monoisotopic (exact) mass is 1420 g/mol. The quantitative estimate of drug-likeness (QED) is 0.0222. The van der Waals surface area contributed by atoms with Gasteiger partial charge in [-0.3, -0.25) is 37.3 Å². The highest BCUT2D eigenvalue weighted by Crippen LogP contribution is 2.45. The lowest BCUT2D eigenvalue weighted by Gasteiger charge is -2.21. The third-order valence-corrected chi connectivity index (χ3v) is 20.3. The Morgan fingerprint density at radius 2 is 0.495 bits per heavy atom. The smallest absolute Gasteiger partial charge is 0.462 e. The fourth-order valence-electron chi connectivity index (χ4n) is 11.9. The largest absolute Gasteiger partial charge is 0.472 e. The summed E-state index contributed by atoms with van der Waals surface area (Å²) in [7, 11) is -9.92. The van der Waals surface area contributed by atoms with Gasteiger partial charge in [-0.1, -0.05) is 344 Å². The maximum Gasteiger partial charge on any atom is 0.472 e. The summed E-state index contributed by atoms with van der Waals surface area (Å²) in [4.78, 5) is 72.9. The van der Waals surface area contributed by atoms with Gasteiger partial charge in [0, 0.05) is 25.7 Å². The molecule has 0 saturated carbocycles. The van der Waals surface area contributed by atoms with Crippen molar-refractivity contribution in [3.05, 3.63) is 0 Å². The zero-order valence-corrected chi connectivity index (χ0v) is 65.5. The fourth-order valence-corrected chi connectivity index (χ4v) is 13.5. The number of rotatable bonds is 75. The van der Waals surface area contributed by atoms with Gasteiger partial charge < -0.3 is 33.8 Å². The van der Waals surface area contributed by atoms with Gasteiger partial charge in [0.05, 0.1) is 26.4 Å². The Morgan fingerprint density at radius 3 is 0.732 bits per heavy atom. The zero-order chi connectivity index (χ0) is 71.7. The molecule has 3 unspecified atom stereocenters. The molecule has 0 heterocycles. The third-order valence-electron chi connectivity index (χ3n) is 18.4. The molecule has 0 aromatic rings. The number of unbranched alkanes of at least 4 members (excludes halogenated alkanes) is 40. The Balaban J connectivity index is 5.23. The molecule has 576 valence electrons. The standard InChI is InChI=1S/C78H152O17P2/c1-9-71(8)57-49-41-32-26-20-14-10-11-15-21-28-34-44-52-60-78(83)95-74(65-89-76(81)59-51-43-37-36-40-48-56-70(6)7)67-93-97(86,87)91-63-72(79)62-90-96(84,85)92-66-73(64-88-75(80)58-50-42-33-27-23-17-19-25-31-39-47-55-69(4)5)94-77(82)61-53-45-35-29-22-16-12-13-18-24-30-38-46-54-68(2)3/h68-74,79H,9-67H2,1-8H3,(H,84,85)(H,86,87)/t71?,72-,73-,74-/m1/s1. The molecule has 0 aromatic carbocycles. The molecule has 97 heavy (non-hydrogen) atoms. The van der Waals surface area contributed by atoms with Gasteiger partial charge in [-0.15, -0.1) is 0 Å². The number of carbonyl (C=O) groups excluding carboxylic acids is 4. The lowest BCUT2D eigenvalue weighted by molar-refractivity contribution is -0.161. The van der Waals surface area contributed by atoms with Crippen molar-refractivity contribution in [2.45, 2.75) is 414 Å². The molecule has 0 saturated heterocycles. The van der Waals surface area contributed by atoms with Crippen LogP contribution in [0.4, 0.5) is 0 Å². The summed E-state index contributed by atoms with van der Waals surface area (Å²) in [5.74, 6) is 0.964. The first-order valence-corrected chi connectivity index (χ1v) is 43.2. The average Bonchev–Trinajstić information content (AvgIpc) is 2.14. The Kier molecular flexibility index (Phi) is 65.9. The van der Waals surface area contributed by atoms with E-state index < -0.39 is 97.5 Å². The summed E-state index contributed by atoms with van der Waals surface area (Å²) >= 11 is 0. The van der Waals surface area contributed by atoms with Crippen molar-refractivity contribution in [2.75, 3.05) is 39.6 Å². The maximum atomic E-state index is 13.1. The van der Waals surface area contributed by atoms with E-state index in [1.54, 1.807) is 0 Å². The second-order valence-corrected chi connectivity index (χ2v) is 32.7. The van der Waals surface area contributed by atoms with Crippen molar-refractivity contribution in [1.82, 2.24) is 0 Å². The van der Waals surface area contributed by atoms with Gasteiger partial charge in [0.1, 0.15) is 19.3 Å². The SMILES string of the molecule is CCC(C)CCCCCCCCCCCCCCCCC(=O)O[C@H](COC(=O)CCCCCCCCC(C)C)COP(=O)(O)OC[C@H](O)COP(=O)(O)OC[C@@H](COC(=O)CCCCCCCCCCCCCC(C)C)OC(=O)CCCCCCCCCCCCCCCC(C)C. The van der Waals surface area contributed by atoms with Crippen LogP contribution >= 0.6 is 15.6 Å². The molecule has 0 amide bonds. The van der Waals surface area contributed by atoms with E-state index in [9.17, 15) is 43.2 Å². The molecule has 0 bridgehead atoms. The van der Waals surface area contributed by atoms with Crippen LogP contribution in [0.5, 0.6) is 0 Å². The van der Waals surface area contributed by atoms with Crippen molar-refractivity contribution < 1.29 is 80.2 Å². The van der Waals surface area contributed by atoms with Crippen LogP contribution in [0.25, 0.3) is 0 Å². The highest BCUT2D eigenvalue weighted by molar-refractivity contribution is 7.47. The van der Waals surface area contributed by atoms with E-state index in [1.807, 2.05) is 0 Å². The van der Waals surface area contributed by atoms with Gasteiger partial charge in [0.15, 0.2) is 12.2 Å². The summed E-state index contributed by atoms with van der Waals surface area (Å²) in [6.45, 7) is 14.2. The molecule has 6 atom stereocenters. The number of esters is 4. The molecule has 0 spiro atoms. The molecule has 0 rings (SSSR count). The van der Waals surface area contributed by atoms with Crippen molar-refractivity contribution in [3.8, 4) is 0 Å². The Labute approximate surface area is 594 Å². The summed E-state index contributed by atoms with van der Waals surface area (Å²) in [6, 6.07) is 0. The van der Waals surface area contributed by atoms with Crippen LogP contribution in [0, 0.1) is 23.7 Å². The van der Waals surface area contributed by atoms with Gasteiger partial charge in [0.25, 0.3) is 0 Å². The molecule has 19 heteroatoms. The molecule has 0 aliphatic heterocycles.